The number of anilines is 1. The molecule has 1 heterocycles. The highest BCUT2D eigenvalue weighted by Gasteiger charge is 2.25. The van der Waals surface area contributed by atoms with Gasteiger partial charge in [-0.1, -0.05) is 30.3 Å². The van der Waals surface area contributed by atoms with Crippen LogP contribution in [-0.4, -0.2) is 47.4 Å². The summed E-state index contributed by atoms with van der Waals surface area (Å²) in [6, 6.07) is 9.98. The fourth-order valence-electron chi connectivity index (χ4n) is 3.56. The number of nitrogens with one attached hydrogen (secondary N) is 1. The van der Waals surface area contributed by atoms with Gasteiger partial charge in [-0.25, -0.2) is 4.98 Å². The summed E-state index contributed by atoms with van der Waals surface area (Å²) in [5.41, 5.74) is 1.92. The first-order chi connectivity index (χ1) is 14.2. The third kappa shape index (κ3) is 6.37. The van der Waals surface area contributed by atoms with Crippen LogP contribution in [0.25, 0.3) is 0 Å². The molecule has 0 saturated heterocycles. The highest BCUT2D eigenvalue weighted by molar-refractivity contribution is 7.15. The van der Waals surface area contributed by atoms with Gasteiger partial charge in [0.05, 0.1) is 25.3 Å². The summed E-state index contributed by atoms with van der Waals surface area (Å²) in [6.07, 6.45) is 4.39. The Hall–Kier alpha value is -2.25. The number of fused-ring (bicyclic) bond motifs is 1. The molecule has 7 heteroatoms. The van der Waals surface area contributed by atoms with Gasteiger partial charge >= 0.3 is 0 Å². The number of amides is 2. The molecule has 0 atom stereocenters. The molecule has 6 nitrogen and oxygen atoms in total. The molecule has 2 amide bonds. The molecule has 1 aromatic carbocycles. The Kier molecular flexibility index (Phi) is 7.26. The van der Waals surface area contributed by atoms with Crippen LogP contribution in [0.3, 0.4) is 0 Å². The van der Waals surface area contributed by atoms with E-state index in [9.17, 15) is 9.59 Å². The topological polar surface area (TPSA) is 65.5 Å². The van der Waals surface area contributed by atoms with Crippen molar-refractivity contribution in [1.82, 2.24) is 15.2 Å². The molecular weight excluding hydrogens is 396 g/mol. The quantitative estimate of drug-likeness (QED) is 0.734. The van der Waals surface area contributed by atoms with Gasteiger partial charge in [0.1, 0.15) is 0 Å². The summed E-state index contributed by atoms with van der Waals surface area (Å²) in [7, 11) is 1.80. The largest absolute Gasteiger partial charge is 0.350 e. The first-order valence-electron chi connectivity index (χ1n) is 10.5. The molecule has 1 aromatic heterocycles. The van der Waals surface area contributed by atoms with Gasteiger partial charge in [-0.3, -0.25) is 19.4 Å². The van der Waals surface area contributed by atoms with E-state index in [1.807, 2.05) is 51.1 Å². The fourth-order valence-corrected chi connectivity index (χ4v) is 4.72. The molecule has 0 radical (unpaired) electrons. The summed E-state index contributed by atoms with van der Waals surface area (Å²) in [6.45, 7) is 6.66. The van der Waals surface area contributed by atoms with Crippen LogP contribution in [0.15, 0.2) is 30.3 Å². The number of aryl methyl sites for hydroxylation is 2. The summed E-state index contributed by atoms with van der Waals surface area (Å²) >= 11 is 1.64. The molecule has 2 aromatic rings. The maximum Gasteiger partial charge on any atom is 0.243 e. The number of hydrogen-bond donors (Lipinski definition) is 1. The molecule has 0 fully saturated rings. The van der Waals surface area contributed by atoms with E-state index in [0.29, 0.717) is 6.54 Å². The van der Waals surface area contributed by atoms with Crippen molar-refractivity contribution < 1.29 is 9.59 Å². The zero-order valence-corrected chi connectivity index (χ0v) is 19.2. The number of benzene rings is 1. The van der Waals surface area contributed by atoms with Gasteiger partial charge in [-0.05, 0) is 59.1 Å². The number of carbonyl (C=O) groups is 2. The van der Waals surface area contributed by atoms with Gasteiger partial charge in [0, 0.05) is 10.4 Å². The minimum atomic E-state index is -0.290. The fraction of sp³-hybridized carbons (Fsp3) is 0.522. The van der Waals surface area contributed by atoms with E-state index in [4.69, 9.17) is 4.98 Å². The highest BCUT2D eigenvalue weighted by atomic mass is 32.1. The molecule has 1 aliphatic carbocycles. The Morgan fingerprint density at radius 3 is 2.47 bits per heavy atom. The summed E-state index contributed by atoms with van der Waals surface area (Å²) < 4.78 is 0. The van der Waals surface area contributed by atoms with Crippen LogP contribution in [0.1, 0.15) is 49.7 Å². The van der Waals surface area contributed by atoms with E-state index in [1.165, 1.54) is 11.3 Å². The number of nitrogens with zero attached hydrogens (tertiary/aromatic N) is 3. The molecule has 0 unspecified atom stereocenters. The van der Waals surface area contributed by atoms with Gasteiger partial charge < -0.3 is 5.32 Å². The van der Waals surface area contributed by atoms with E-state index < -0.39 is 0 Å². The second kappa shape index (κ2) is 9.71. The molecule has 0 saturated carbocycles. The first-order valence-corrected chi connectivity index (χ1v) is 11.4. The van der Waals surface area contributed by atoms with Gasteiger partial charge in [0.2, 0.25) is 11.8 Å². The maximum absolute atomic E-state index is 13.3. The lowest BCUT2D eigenvalue weighted by atomic mass is 10.0. The number of likely N-dealkylation sites (N-methyl/N-ethyl adjacent to an activating group) is 1. The van der Waals surface area contributed by atoms with Gasteiger partial charge in [-0.15, -0.1) is 11.3 Å². The van der Waals surface area contributed by atoms with Crippen molar-refractivity contribution in [3.8, 4) is 0 Å². The summed E-state index contributed by atoms with van der Waals surface area (Å²) in [4.78, 5) is 35.1. The molecule has 0 spiro atoms. The van der Waals surface area contributed by atoms with E-state index in [-0.39, 0.29) is 30.4 Å². The Bertz CT molecular complexity index is 850. The molecular formula is C23H32N4O2S. The zero-order valence-electron chi connectivity index (χ0n) is 18.4. The van der Waals surface area contributed by atoms with Crippen molar-refractivity contribution in [2.75, 3.05) is 25.0 Å². The molecule has 1 aliphatic rings. The van der Waals surface area contributed by atoms with Crippen molar-refractivity contribution in [2.24, 2.45) is 0 Å². The second-order valence-corrected chi connectivity index (χ2v) is 10.1. The van der Waals surface area contributed by atoms with Crippen LogP contribution in [-0.2, 0) is 29.0 Å². The SMILES string of the molecule is CN(CC(=O)NC(C)(C)C)CC(=O)N(Cc1ccccc1)c1nc2c(s1)CCCC2. The molecule has 3 rings (SSSR count). The minimum Gasteiger partial charge on any atom is -0.350 e. The van der Waals surface area contributed by atoms with Crippen LogP contribution < -0.4 is 10.2 Å². The van der Waals surface area contributed by atoms with E-state index in [2.05, 4.69) is 5.32 Å². The van der Waals surface area contributed by atoms with Crippen molar-refractivity contribution in [3.63, 3.8) is 0 Å². The molecule has 30 heavy (non-hydrogen) atoms. The average molecular weight is 429 g/mol. The van der Waals surface area contributed by atoms with Gasteiger partial charge in [0.25, 0.3) is 0 Å². The maximum atomic E-state index is 13.3. The molecule has 1 N–H and O–H groups in total. The van der Waals surface area contributed by atoms with E-state index >= 15 is 0 Å². The van der Waals surface area contributed by atoms with Crippen molar-refractivity contribution in [2.45, 2.75) is 58.5 Å². The number of carbonyl (C=O) groups excluding carboxylic acids is 2. The predicted octanol–water partition coefficient (Wildman–Crippen LogP) is 3.40. The third-order valence-corrected chi connectivity index (χ3v) is 6.06. The summed E-state index contributed by atoms with van der Waals surface area (Å²) in [5.74, 6) is -0.131. The average Bonchev–Trinajstić information content (AvgIpc) is 3.08. The molecule has 0 aliphatic heterocycles. The Labute approximate surface area is 183 Å². The Morgan fingerprint density at radius 2 is 1.80 bits per heavy atom. The van der Waals surface area contributed by atoms with Crippen LogP contribution in [0.5, 0.6) is 0 Å². The number of thiazole rings is 1. The lowest BCUT2D eigenvalue weighted by Gasteiger charge is -2.25. The third-order valence-electron chi connectivity index (χ3n) is 4.88. The smallest absolute Gasteiger partial charge is 0.243 e. The van der Waals surface area contributed by atoms with Gasteiger partial charge in [0.15, 0.2) is 5.13 Å². The molecule has 162 valence electrons. The summed E-state index contributed by atoms with van der Waals surface area (Å²) in [5, 5.41) is 3.71. The van der Waals surface area contributed by atoms with Crippen molar-refractivity contribution >= 4 is 28.3 Å². The Balaban J connectivity index is 1.73. The normalized spacial score (nSPS) is 13.8. The van der Waals surface area contributed by atoms with E-state index in [0.717, 1.165) is 35.7 Å². The van der Waals surface area contributed by atoms with Crippen LogP contribution >= 0.6 is 11.3 Å². The van der Waals surface area contributed by atoms with Crippen LogP contribution in [0.2, 0.25) is 0 Å². The van der Waals surface area contributed by atoms with Crippen LogP contribution in [0, 0.1) is 0 Å². The Morgan fingerprint density at radius 1 is 1.10 bits per heavy atom. The second-order valence-electron chi connectivity index (χ2n) is 9.01. The van der Waals surface area contributed by atoms with Gasteiger partial charge in [-0.2, -0.15) is 0 Å². The van der Waals surface area contributed by atoms with E-state index in [1.54, 1.807) is 28.2 Å². The first kappa shape index (κ1) is 22.4. The lowest BCUT2D eigenvalue weighted by molar-refractivity contribution is -0.124. The monoisotopic (exact) mass is 428 g/mol. The zero-order chi connectivity index (χ0) is 21.7. The molecule has 0 bridgehead atoms. The standard InChI is InChI=1S/C23H32N4O2S/c1-23(2,3)25-20(28)15-26(4)16-21(29)27(14-17-10-6-5-7-11-17)22-24-18-12-8-9-13-19(18)30-22/h5-7,10-11H,8-9,12-16H2,1-4H3,(H,25,28). The highest BCUT2D eigenvalue weighted by Crippen LogP contribution is 2.32. The van der Waals surface area contributed by atoms with Crippen molar-refractivity contribution in [3.05, 3.63) is 46.5 Å². The van der Waals surface area contributed by atoms with Crippen LogP contribution in [0.4, 0.5) is 5.13 Å². The lowest BCUT2D eigenvalue weighted by Crippen LogP contribution is -2.47. The predicted molar refractivity (Wildman–Crippen MR) is 122 cm³/mol. The number of aromatic nitrogens is 1. The number of rotatable bonds is 7. The van der Waals surface area contributed by atoms with Crippen molar-refractivity contribution in [1.29, 1.82) is 0 Å². The number of hydrogen-bond acceptors (Lipinski definition) is 5. The minimum absolute atomic E-state index is 0.0454.